The number of unbranched alkanes of at least 4 members (excludes halogenated alkanes) is 1. The average Bonchev–Trinajstić information content (AvgIpc) is 2.77. The Bertz CT molecular complexity index is 1100. The molecule has 0 aliphatic carbocycles. The molecule has 31 heavy (non-hydrogen) atoms. The fourth-order valence-corrected chi connectivity index (χ4v) is 3.31. The van der Waals surface area contributed by atoms with Gasteiger partial charge in [-0.25, -0.2) is 0 Å². The van der Waals surface area contributed by atoms with Crippen molar-refractivity contribution in [3.8, 4) is 11.5 Å². The fourth-order valence-electron chi connectivity index (χ4n) is 3.18. The van der Waals surface area contributed by atoms with Gasteiger partial charge in [-0.1, -0.05) is 62.0 Å². The molecule has 0 aliphatic heterocycles. The summed E-state index contributed by atoms with van der Waals surface area (Å²) in [4.78, 5) is 25.3. The van der Waals surface area contributed by atoms with Crippen LogP contribution in [0.2, 0.25) is 0 Å². The van der Waals surface area contributed by atoms with Gasteiger partial charge in [-0.3, -0.25) is 9.59 Å². The Hall–Kier alpha value is -3.05. The van der Waals surface area contributed by atoms with Crippen LogP contribution in [0.1, 0.15) is 57.1 Å². The number of carbonyl (C=O) groups is 2. The lowest BCUT2D eigenvalue weighted by Gasteiger charge is -2.13. The normalized spacial score (nSPS) is 11.7. The number of hydrogen-bond donors (Lipinski definition) is 0. The summed E-state index contributed by atoms with van der Waals surface area (Å²) in [6.07, 6.45) is 2.19. The molecule has 0 amide bonds. The van der Waals surface area contributed by atoms with E-state index in [0.717, 1.165) is 39.6 Å². The van der Waals surface area contributed by atoms with Gasteiger partial charge in [0.1, 0.15) is 11.5 Å². The topological polar surface area (TPSA) is 52.6 Å². The van der Waals surface area contributed by atoms with Crippen LogP contribution >= 0.6 is 12.2 Å². The second-order valence-electron chi connectivity index (χ2n) is 7.57. The zero-order valence-corrected chi connectivity index (χ0v) is 18.8. The number of ether oxygens (including phenoxy) is 2. The summed E-state index contributed by atoms with van der Waals surface area (Å²) in [5.74, 6) is 0.0505. The van der Waals surface area contributed by atoms with E-state index in [4.69, 9.17) is 21.7 Å². The first-order valence-corrected chi connectivity index (χ1v) is 10.8. The van der Waals surface area contributed by atoms with Gasteiger partial charge in [0.25, 0.3) is 0 Å². The number of rotatable bonds is 8. The summed E-state index contributed by atoms with van der Waals surface area (Å²) in [6.45, 7) is 5.72. The second-order valence-corrected chi connectivity index (χ2v) is 8.18. The third kappa shape index (κ3) is 5.98. The lowest BCUT2D eigenvalue weighted by atomic mass is 9.98. The van der Waals surface area contributed by atoms with Gasteiger partial charge in [-0.2, -0.15) is 0 Å². The van der Waals surface area contributed by atoms with Crippen molar-refractivity contribution >= 4 is 39.8 Å². The largest absolute Gasteiger partial charge is 0.427 e. The maximum Gasteiger partial charge on any atom is 0.318 e. The molecule has 0 heterocycles. The lowest BCUT2D eigenvalue weighted by Crippen LogP contribution is -2.16. The van der Waals surface area contributed by atoms with Gasteiger partial charge in [0.15, 0.2) is 0 Å². The van der Waals surface area contributed by atoms with Gasteiger partial charge in [0.05, 0.1) is 5.92 Å². The van der Waals surface area contributed by atoms with Crippen molar-refractivity contribution in [1.82, 2.24) is 0 Å². The minimum atomic E-state index is -0.428. The molecule has 0 aliphatic rings. The van der Waals surface area contributed by atoms with E-state index >= 15 is 0 Å². The Morgan fingerprint density at radius 2 is 1.55 bits per heavy atom. The summed E-state index contributed by atoms with van der Waals surface area (Å²) in [5, 5.41) is 1.91. The quantitative estimate of drug-likeness (QED) is 0.178. The minimum Gasteiger partial charge on any atom is -0.427 e. The molecule has 0 saturated heterocycles. The van der Waals surface area contributed by atoms with Crippen LogP contribution in [0.15, 0.2) is 60.7 Å². The number of fused-ring (bicyclic) bond motifs is 1. The van der Waals surface area contributed by atoms with Gasteiger partial charge in [0, 0.05) is 11.3 Å². The van der Waals surface area contributed by atoms with E-state index in [1.54, 1.807) is 18.2 Å². The monoisotopic (exact) mass is 434 g/mol. The van der Waals surface area contributed by atoms with E-state index in [9.17, 15) is 9.59 Å². The molecule has 4 nitrogen and oxygen atoms in total. The predicted octanol–water partition coefficient (Wildman–Crippen LogP) is 6.38. The molecule has 3 rings (SSSR count). The van der Waals surface area contributed by atoms with Crippen LogP contribution in [0.3, 0.4) is 0 Å². The zero-order chi connectivity index (χ0) is 22.4. The first-order valence-electron chi connectivity index (χ1n) is 10.4. The van der Waals surface area contributed by atoms with E-state index in [2.05, 4.69) is 0 Å². The molecule has 0 saturated carbocycles. The van der Waals surface area contributed by atoms with Crippen LogP contribution in [-0.4, -0.2) is 16.8 Å². The molecule has 3 aromatic rings. The summed E-state index contributed by atoms with van der Waals surface area (Å²) in [7, 11) is 0. The van der Waals surface area contributed by atoms with Crippen molar-refractivity contribution in [3.63, 3.8) is 0 Å². The van der Waals surface area contributed by atoms with Crippen molar-refractivity contribution in [3.05, 3.63) is 71.8 Å². The van der Waals surface area contributed by atoms with Crippen LogP contribution in [0.25, 0.3) is 10.8 Å². The van der Waals surface area contributed by atoms with Crippen LogP contribution in [0.5, 0.6) is 11.5 Å². The van der Waals surface area contributed by atoms with Gasteiger partial charge in [-0.15, -0.1) is 0 Å². The van der Waals surface area contributed by atoms with Crippen LogP contribution in [-0.2, 0) is 9.59 Å². The average molecular weight is 435 g/mol. The Labute approximate surface area is 188 Å². The molecule has 0 fully saturated rings. The third-order valence-corrected chi connectivity index (χ3v) is 5.37. The van der Waals surface area contributed by atoms with Gasteiger partial charge in [-0.05, 0) is 66.4 Å². The number of thiocarbonyl (C=S) groups is 1. The molecule has 0 radical (unpaired) electrons. The maximum absolute atomic E-state index is 12.6. The molecule has 160 valence electrons. The van der Waals surface area contributed by atoms with Crippen LogP contribution in [0, 0.1) is 0 Å². The van der Waals surface area contributed by atoms with Crippen molar-refractivity contribution in [2.75, 3.05) is 0 Å². The molecular weight excluding hydrogens is 408 g/mol. The maximum atomic E-state index is 12.6. The highest BCUT2D eigenvalue weighted by atomic mass is 32.1. The van der Waals surface area contributed by atoms with E-state index < -0.39 is 5.92 Å². The first-order chi connectivity index (χ1) is 14.9. The molecule has 1 atom stereocenters. The van der Waals surface area contributed by atoms with Crippen LogP contribution < -0.4 is 9.47 Å². The summed E-state index contributed by atoms with van der Waals surface area (Å²) < 4.78 is 10.9. The number of carbonyl (C=O) groups excluding carboxylic acids is 2. The van der Waals surface area contributed by atoms with Crippen molar-refractivity contribution in [1.29, 1.82) is 0 Å². The number of esters is 2. The lowest BCUT2D eigenvalue weighted by molar-refractivity contribution is -0.136. The Morgan fingerprint density at radius 3 is 2.23 bits per heavy atom. The molecule has 0 spiro atoms. The Kier molecular flexibility index (Phi) is 7.53. The molecule has 0 N–H and O–H groups in total. The van der Waals surface area contributed by atoms with Gasteiger partial charge < -0.3 is 9.47 Å². The highest BCUT2D eigenvalue weighted by Crippen LogP contribution is 2.27. The Balaban J connectivity index is 1.69. The van der Waals surface area contributed by atoms with Crippen molar-refractivity contribution < 1.29 is 19.1 Å². The summed E-state index contributed by atoms with van der Waals surface area (Å²) in [6, 6.07) is 18.5. The highest BCUT2D eigenvalue weighted by Gasteiger charge is 2.18. The van der Waals surface area contributed by atoms with Gasteiger partial charge >= 0.3 is 11.9 Å². The fraction of sp³-hybridized carbons (Fsp3) is 0.269. The molecule has 0 aromatic heterocycles. The summed E-state index contributed by atoms with van der Waals surface area (Å²) >= 11 is 5.15. The van der Waals surface area contributed by atoms with Crippen molar-refractivity contribution in [2.24, 2.45) is 0 Å². The van der Waals surface area contributed by atoms with Crippen LogP contribution in [0.4, 0.5) is 0 Å². The Morgan fingerprint density at radius 1 is 0.903 bits per heavy atom. The van der Waals surface area contributed by atoms with Gasteiger partial charge in [0.2, 0.25) is 0 Å². The molecule has 0 bridgehead atoms. The van der Waals surface area contributed by atoms with E-state index in [-0.39, 0.29) is 11.9 Å². The molecule has 5 heteroatoms. The van der Waals surface area contributed by atoms with E-state index in [1.165, 1.54) is 0 Å². The minimum absolute atomic E-state index is 0.219. The first kappa shape index (κ1) is 22.6. The van der Waals surface area contributed by atoms with E-state index in [0.29, 0.717) is 17.9 Å². The SMILES string of the molecule is CCCCC(=O)Oc1ccc2cc([C@H](C)C(=O)Oc3ccc(C(C)=S)cc3)ccc2c1. The smallest absolute Gasteiger partial charge is 0.318 e. The van der Waals surface area contributed by atoms with Crippen molar-refractivity contribution in [2.45, 2.75) is 46.0 Å². The standard InChI is InChI=1S/C26H26O4S/c1-4-5-6-25(27)29-24-14-11-21-15-20(7-8-22(21)16-24)17(2)26(28)30-23-12-9-19(10-13-23)18(3)31/h7-17H,4-6H2,1-3H3/t17-/m0/s1. The third-order valence-electron chi connectivity index (χ3n) is 5.13. The zero-order valence-electron chi connectivity index (χ0n) is 18.0. The number of hydrogen-bond acceptors (Lipinski definition) is 5. The second kappa shape index (κ2) is 10.3. The molecule has 3 aromatic carbocycles. The number of benzene rings is 3. The van der Waals surface area contributed by atoms with E-state index in [1.807, 2.05) is 63.2 Å². The molecule has 0 unspecified atom stereocenters. The predicted molar refractivity (Wildman–Crippen MR) is 127 cm³/mol. The highest BCUT2D eigenvalue weighted by molar-refractivity contribution is 7.80. The molecular formula is C26H26O4S. The summed E-state index contributed by atoms with van der Waals surface area (Å²) in [5.41, 5.74) is 1.80.